The number of aromatic carboxylic acids is 1. The monoisotopic (exact) mass is 601 g/mol. The summed E-state index contributed by atoms with van der Waals surface area (Å²) >= 11 is 1.11. The van der Waals surface area contributed by atoms with Gasteiger partial charge in [0.1, 0.15) is 16.1 Å². The van der Waals surface area contributed by atoms with Crippen molar-refractivity contribution in [1.82, 2.24) is 9.80 Å². The first kappa shape index (κ1) is 30.5. The van der Waals surface area contributed by atoms with Crippen LogP contribution in [0.15, 0.2) is 64.2 Å². The first-order valence-corrected chi connectivity index (χ1v) is 15.6. The molecule has 3 atom stereocenters. The van der Waals surface area contributed by atoms with Gasteiger partial charge in [0.05, 0.1) is 24.6 Å². The number of benzene rings is 2. The van der Waals surface area contributed by atoms with Crippen LogP contribution in [0.3, 0.4) is 0 Å². The number of carboxylic acids is 1. The fourth-order valence-electron chi connectivity index (χ4n) is 4.77. The third-order valence-electron chi connectivity index (χ3n) is 7.07. The molecular weight excluding hydrogens is 566 g/mol. The number of rotatable bonds is 10. The molecule has 3 N–H and O–H groups in total. The van der Waals surface area contributed by atoms with Crippen LogP contribution in [0, 0.1) is 5.92 Å². The molecule has 0 spiro atoms. The highest BCUT2D eigenvalue weighted by atomic mass is 32.2. The number of likely N-dealkylation sites (N-methyl/N-ethyl adjacent to an activating group) is 1. The average Bonchev–Trinajstić information content (AvgIpc) is 3.49. The van der Waals surface area contributed by atoms with Crippen molar-refractivity contribution < 1.29 is 33.0 Å². The molecule has 0 saturated heterocycles. The summed E-state index contributed by atoms with van der Waals surface area (Å²) < 4.78 is 34.9. The number of aliphatic hydroxyl groups excluding tert-OH is 1. The summed E-state index contributed by atoms with van der Waals surface area (Å²) in [4.78, 5) is 28.3. The fraction of sp³-hybridized carbons (Fsp3) is 0.379. The molecule has 41 heavy (non-hydrogen) atoms. The number of fused-ring (bicyclic) bond motifs is 1. The van der Waals surface area contributed by atoms with E-state index in [2.05, 4.69) is 9.62 Å². The van der Waals surface area contributed by atoms with E-state index in [9.17, 15) is 23.1 Å². The number of sulfonamides is 1. The Kier molecular flexibility index (Phi) is 9.69. The van der Waals surface area contributed by atoms with Gasteiger partial charge in [0.25, 0.3) is 10.0 Å². The van der Waals surface area contributed by atoms with Gasteiger partial charge in [0.2, 0.25) is 5.91 Å². The van der Waals surface area contributed by atoms with Crippen molar-refractivity contribution in [3.05, 3.63) is 76.7 Å². The van der Waals surface area contributed by atoms with Gasteiger partial charge < -0.3 is 19.8 Å². The molecule has 10 nitrogen and oxygen atoms in total. The van der Waals surface area contributed by atoms with Crippen LogP contribution in [0.1, 0.15) is 35.3 Å². The lowest BCUT2D eigenvalue weighted by molar-refractivity contribution is -0.134. The van der Waals surface area contributed by atoms with Crippen molar-refractivity contribution in [1.29, 1.82) is 0 Å². The summed E-state index contributed by atoms with van der Waals surface area (Å²) in [5.41, 5.74) is 2.03. The molecule has 1 aliphatic heterocycles. The molecule has 2 heterocycles. The summed E-state index contributed by atoms with van der Waals surface area (Å²) in [5, 5.41) is 20.7. The number of carboxylic acid groups (broad SMARTS) is 1. The Labute approximate surface area is 244 Å². The summed E-state index contributed by atoms with van der Waals surface area (Å²) in [6.45, 7) is 5.03. The lowest BCUT2D eigenvalue weighted by atomic mass is 10.0. The van der Waals surface area contributed by atoms with Crippen LogP contribution in [0.4, 0.5) is 5.69 Å². The van der Waals surface area contributed by atoms with Gasteiger partial charge in [-0.3, -0.25) is 14.4 Å². The third-order valence-corrected chi connectivity index (χ3v) is 9.85. The van der Waals surface area contributed by atoms with E-state index in [4.69, 9.17) is 9.84 Å². The second-order valence-corrected chi connectivity index (χ2v) is 13.3. The van der Waals surface area contributed by atoms with E-state index < -0.39 is 22.0 Å². The number of ether oxygens (including phenoxy) is 1. The first-order chi connectivity index (χ1) is 19.5. The first-order valence-electron chi connectivity index (χ1n) is 13.2. The maximum atomic E-state index is 13.4. The predicted octanol–water partition coefficient (Wildman–Crippen LogP) is 3.53. The van der Waals surface area contributed by atoms with Gasteiger partial charge >= 0.3 is 5.97 Å². The highest BCUT2D eigenvalue weighted by Gasteiger charge is 2.31. The number of carbonyl (C=O) groups is 2. The highest BCUT2D eigenvalue weighted by molar-refractivity contribution is 7.94. The van der Waals surface area contributed by atoms with E-state index in [1.807, 2.05) is 14.0 Å². The Morgan fingerprint density at radius 2 is 1.95 bits per heavy atom. The third kappa shape index (κ3) is 7.64. The van der Waals surface area contributed by atoms with Gasteiger partial charge in [-0.05, 0) is 61.3 Å². The SMILES string of the molecule is C[C@@H]1CN([C@H](C)CO)C(=O)Cc2cc(NS(=O)(=O)c3cccs3)ccc2O[C@@H]1CN(C)Cc1ccc(C(=O)O)cc1. The molecule has 12 heteroatoms. The zero-order chi connectivity index (χ0) is 29.7. The molecule has 2 aromatic carbocycles. The largest absolute Gasteiger partial charge is 0.488 e. The van der Waals surface area contributed by atoms with E-state index in [1.165, 1.54) is 6.07 Å². The molecule has 220 valence electrons. The van der Waals surface area contributed by atoms with Gasteiger partial charge in [-0.15, -0.1) is 11.3 Å². The van der Waals surface area contributed by atoms with Crippen molar-refractivity contribution in [3.63, 3.8) is 0 Å². The van der Waals surface area contributed by atoms with Crippen molar-refractivity contribution in [2.75, 3.05) is 31.5 Å². The van der Waals surface area contributed by atoms with Crippen LogP contribution < -0.4 is 9.46 Å². The number of aliphatic hydroxyl groups is 1. The van der Waals surface area contributed by atoms with E-state index in [-0.39, 0.29) is 40.7 Å². The predicted molar refractivity (Wildman–Crippen MR) is 157 cm³/mol. The van der Waals surface area contributed by atoms with Crippen LogP contribution in [0.2, 0.25) is 0 Å². The molecule has 1 aliphatic rings. The van der Waals surface area contributed by atoms with E-state index in [0.29, 0.717) is 36.6 Å². The zero-order valence-electron chi connectivity index (χ0n) is 23.2. The second kappa shape index (κ2) is 13.0. The number of anilines is 1. The number of nitrogens with one attached hydrogen (secondary N) is 1. The summed E-state index contributed by atoms with van der Waals surface area (Å²) in [5.74, 6) is -0.774. The van der Waals surface area contributed by atoms with Crippen LogP contribution in [0.25, 0.3) is 0 Å². The maximum Gasteiger partial charge on any atom is 0.335 e. The van der Waals surface area contributed by atoms with Crippen molar-refractivity contribution in [3.8, 4) is 5.75 Å². The fourth-order valence-corrected chi connectivity index (χ4v) is 6.81. The smallest absolute Gasteiger partial charge is 0.335 e. The Bertz CT molecular complexity index is 1460. The normalized spacial score (nSPS) is 18.6. The standard InChI is InChI=1S/C29H35N3O7S2/c1-19-15-32(20(2)18-33)27(34)14-23-13-24(30-41(37,38)28-5-4-12-40-28)10-11-25(23)39-26(19)17-31(3)16-21-6-8-22(9-7-21)29(35)36/h4-13,19-20,26,30,33H,14-18H2,1-3H3,(H,35,36)/t19-,20-,26-/m1/s1. The van der Waals surface area contributed by atoms with Crippen molar-refractivity contribution >= 4 is 38.9 Å². The number of hydrogen-bond acceptors (Lipinski definition) is 8. The van der Waals surface area contributed by atoms with Crippen molar-refractivity contribution in [2.24, 2.45) is 5.92 Å². The zero-order valence-corrected chi connectivity index (χ0v) is 24.8. The van der Waals surface area contributed by atoms with E-state index in [0.717, 1.165) is 16.9 Å². The summed E-state index contributed by atoms with van der Waals surface area (Å²) in [7, 11) is -1.83. The minimum absolute atomic E-state index is 0.0144. The number of amides is 1. The molecule has 0 fully saturated rings. The van der Waals surface area contributed by atoms with E-state index in [1.54, 1.807) is 65.7 Å². The van der Waals surface area contributed by atoms with Gasteiger partial charge in [-0.1, -0.05) is 25.1 Å². The van der Waals surface area contributed by atoms with Crippen LogP contribution in [0.5, 0.6) is 5.75 Å². The Morgan fingerprint density at radius 3 is 2.59 bits per heavy atom. The quantitative estimate of drug-likeness (QED) is 0.321. The second-order valence-electron chi connectivity index (χ2n) is 10.4. The molecule has 0 aliphatic carbocycles. The highest BCUT2D eigenvalue weighted by Crippen LogP contribution is 2.30. The molecular formula is C29H35N3O7S2. The van der Waals surface area contributed by atoms with Gasteiger partial charge in [-0.25, -0.2) is 13.2 Å². The summed E-state index contributed by atoms with van der Waals surface area (Å²) in [6, 6.07) is 14.4. The lowest BCUT2D eigenvalue weighted by Gasteiger charge is -2.34. The van der Waals surface area contributed by atoms with Gasteiger partial charge in [0, 0.05) is 36.8 Å². The van der Waals surface area contributed by atoms with Gasteiger partial charge in [-0.2, -0.15) is 0 Å². The molecule has 0 radical (unpaired) electrons. The number of nitrogens with zero attached hydrogens (tertiary/aromatic N) is 2. The molecule has 0 saturated carbocycles. The molecule has 0 unspecified atom stereocenters. The van der Waals surface area contributed by atoms with Gasteiger partial charge in [0.15, 0.2) is 0 Å². The van der Waals surface area contributed by atoms with Crippen LogP contribution in [-0.2, 0) is 27.8 Å². The topological polar surface area (TPSA) is 136 Å². The summed E-state index contributed by atoms with van der Waals surface area (Å²) in [6.07, 6.45) is -0.357. The van der Waals surface area contributed by atoms with Crippen LogP contribution in [-0.4, -0.2) is 79.2 Å². The molecule has 4 rings (SSSR count). The molecule has 3 aromatic rings. The Morgan fingerprint density at radius 1 is 1.22 bits per heavy atom. The average molecular weight is 602 g/mol. The maximum absolute atomic E-state index is 13.4. The Balaban J connectivity index is 1.60. The lowest BCUT2D eigenvalue weighted by Crippen LogP contribution is -2.47. The number of thiophene rings is 1. The molecule has 0 bridgehead atoms. The number of carbonyl (C=O) groups excluding carboxylic acids is 1. The minimum Gasteiger partial charge on any atom is -0.488 e. The number of hydrogen-bond donors (Lipinski definition) is 3. The van der Waals surface area contributed by atoms with Crippen molar-refractivity contribution in [2.45, 2.75) is 43.2 Å². The molecule has 1 aromatic heterocycles. The van der Waals surface area contributed by atoms with E-state index >= 15 is 0 Å². The minimum atomic E-state index is -3.77. The molecule has 1 amide bonds. The Hall–Kier alpha value is -3.45. The van der Waals surface area contributed by atoms with Crippen LogP contribution >= 0.6 is 11.3 Å².